The predicted octanol–water partition coefficient (Wildman–Crippen LogP) is 12.8. The van der Waals surface area contributed by atoms with Crippen molar-refractivity contribution in [2.45, 2.75) is 49.4 Å². The van der Waals surface area contributed by atoms with Crippen LogP contribution in [0.5, 0.6) is 11.5 Å². The first-order valence-corrected chi connectivity index (χ1v) is 23.1. The molecule has 2 N–H and O–H groups in total. The van der Waals surface area contributed by atoms with Crippen LogP contribution in [0, 0.1) is 0 Å². The Hall–Kier alpha value is -6.16. The number of carbonyl (C=O) groups is 4. The van der Waals surface area contributed by atoms with Crippen LogP contribution in [0.4, 0.5) is 11.4 Å². The van der Waals surface area contributed by atoms with Gasteiger partial charge in [-0.15, -0.1) is 0 Å². The molecule has 2 amide bonds. The molecule has 6 aromatic rings. The number of amides is 2. The van der Waals surface area contributed by atoms with Crippen molar-refractivity contribution < 1.29 is 28.7 Å². The summed E-state index contributed by atoms with van der Waals surface area (Å²) in [4.78, 5) is 54.3. The summed E-state index contributed by atoms with van der Waals surface area (Å²) in [6.07, 6.45) is 3.75. The van der Waals surface area contributed by atoms with Gasteiger partial charge in [0.05, 0.1) is 13.2 Å². The van der Waals surface area contributed by atoms with Gasteiger partial charge in [0.15, 0.2) is 11.6 Å². The maximum Gasteiger partial charge on any atom is 0.240 e. The molecule has 12 heteroatoms. The minimum atomic E-state index is -1.15. The van der Waals surface area contributed by atoms with E-state index in [9.17, 15) is 19.2 Å². The van der Waals surface area contributed by atoms with Crippen molar-refractivity contribution in [3.8, 4) is 11.5 Å². The van der Waals surface area contributed by atoms with Crippen LogP contribution in [-0.4, -0.2) is 36.6 Å². The Balaban J connectivity index is 0.000000166. The maximum absolute atomic E-state index is 14.0. The van der Waals surface area contributed by atoms with E-state index in [4.69, 9.17) is 55.9 Å². The summed E-state index contributed by atoms with van der Waals surface area (Å²) in [5, 5.41) is 8.19. The van der Waals surface area contributed by atoms with E-state index in [1.165, 1.54) is 0 Å². The molecular formula is C54H42Cl4N2O6. The molecule has 66 heavy (non-hydrogen) atoms. The molecule has 2 heterocycles. The van der Waals surface area contributed by atoms with E-state index < -0.39 is 22.7 Å². The average Bonchev–Trinajstić information content (AvgIpc) is 3.73. The van der Waals surface area contributed by atoms with E-state index in [0.717, 1.165) is 27.8 Å². The lowest BCUT2D eigenvalue weighted by atomic mass is 9.58. The van der Waals surface area contributed by atoms with Gasteiger partial charge in [0.25, 0.3) is 0 Å². The quantitative estimate of drug-likeness (QED) is 0.157. The number of ketones is 2. The highest BCUT2D eigenvalue weighted by Crippen LogP contribution is 2.59. The Morgan fingerprint density at radius 1 is 0.561 bits per heavy atom. The van der Waals surface area contributed by atoms with Crippen molar-refractivity contribution in [3.63, 3.8) is 0 Å². The Labute approximate surface area is 402 Å². The number of para-hydroxylation sites is 2. The second-order valence-corrected chi connectivity index (χ2v) is 18.2. The molecule has 2 spiro atoms. The zero-order chi connectivity index (χ0) is 46.3. The summed E-state index contributed by atoms with van der Waals surface area (Å²) in [6, 6.07) is 40.5. The molecule has 0 bridgehead atoms. The second kappa shape index (κ2) is 18.3. The summed E-state index contributed by atoms with van der Waals surface area (Å²) in [5.41, 5.74) is 4.81. The van der Waals surface area contributed by atoms with Crippen LogP contribution in [0.2, 0.25) is 20.1 Å². The topological polar surface area (TPSA) is 111 Å². The normalized spacial score (nSPS) is 21.5. The second-order valence-electron chi connectivity index (χ2n) is 16.5. The number of fused-ring (bicyclic) bond motifs is 4. The standard InChI is InChI=1S/2C27H21Cl2NO3/c1-2-33-25-9-4-3-8-20(25)23-15-19(31)14-22(16-6-5-7-17(28)12-16)27(23)21-11-10-18(29)13-24(21)30-26(27)32;1-2-33-25-9-4-3-8-19(25)20-15-27(21-11-10-18(29)13-23(21)30-26(27)32)22(14-24(20)31)16-6-5-7-17(28)12-16/h2*3-13,15,22H,2,14H2,1H3,(H,30,32)/t2*22-,27-/m00/s1. The van der Waals surface area contributed by atoms with Crippen molar-refractivity contribution in [2.24, 2.45) is 0 Å². The Morgan fingerprint density at radius 2 is 1.09 bits per heavy atom. The van der Waals surface area contributed by atoms with E-state index in [-0.39, 0.29) is 36.2 Å². The zero-order valence-electron chi connectivity index (χ0n) is 35.8. The van der Waals surface area contributed by atoms with Crippen LogP contribution in [0.3, 0.4) is 0 Å². The lowest BCUT2D eigenvalue weighted by Crippen LogP contribution is -2.45. The molecule has 2 aliphatic heterocycles. The minimum Gasteiger partial charge on any atom is -0.493 e. The Kier molecular flexibility index (Phi) is 12.5. The van der Waals surface area contributed by atoms with E-state index in [1.807, 2.05) is 117 Å². The summed E-state index contributed by atoms with van der Waals surface area (Å²) in [5.74, 6) is -0.130. The van der Waals surface area contributed by atoms with Crippen molar-refractivity contribution >= 4 is 92.3 Å². The van der Waals surface area contributed by atoms with E-state index in [2.05, 4.69) is 10.6 Å². The molecule has 10 rings (SSSR count). The highest BCUT2D eigenvalue weighted by molar-refractivity contribution is 6.33. The number of anilines is 2. The molecule has 4 aliphatic rings. The molecule has 332 valence electrons. The van der Waals surface area contributed by atoms with Crippen LogP contribution >= 0.6 is 46.4 Å². The molecule has 0 aromatic heterocycles. The average molecular weight is 957 g/mol. The first-order valence-electron chi connectivity index (χ1n) is 21.6. The SMILES string of the molecule is CCOc1ccccc1C1=CC(=O)C[C@@H](c2cccc(Cl)c2)[C@]12C(=O)Nc1cc(Cl)ccc12.CCOc1ccccc1C1=C[C@@]2(C(=O)Nc3cc(Cl)ccc32)[C@H](c2cccc(Cl)c2)CC1=O. The molecule has 0 saturated heterocycles. The summed E-state index contributed by atoms with van der Waals surface area (Å²) in [7, 11) is 0. The summed E-state index contributed by atoms with van der Waals surface area (Å²) >= 11 is 25.1. The fourth-order valence-corrected chi connectivity index (χ4v) is 10.9. The van der Waals surface area contributed by atoms with E-state index in [0.29, 0.717) is 72.9 Å². The molecule has 0 fully saturated rings. The fraction of sp³-hybridized carbons (Fsp3) is 0.185. The molecule has 2 aliphatic carbocycles. The number of ether oxygens (including phenoxy) is 2. The number of allylic oxidation sites excluding steroid dienone is 2. The number of halogens is 4. The highest BCUT2D eigenvalue weighted by Gasteiger charge is 2.58. The van der Waals surface area contributed by atoms with Crippen molar-refractivity contribution in [1.29, 1.82) is 0 Å². The molecule has 0 radical (unpaired) electrons. The zero-order valence-corrected chi connectivity index (χ0v) is 38.8. The van der Waals surface area contributed by atoms with Gasteiger partial charge in [0.2, 0.25) is 11.8 Å². The largest absolute Gasteiger partial charge is 0.493 e. The van der Waals surface area contributed by atoms with Gasteiger partial charge < -0.3 is 20.1 Å². The predicted molar refractivity (Wildman–Crippen MR) is 262 cm³/mol. The third-order valence-electron chi connectivity index (χ3n) is 12.8. The van der Waals surface area contributed by atoms with Gasteiger partial charge in [-0.25, -0.2) is 0 Å². The lowest BCUT2D eigenvalue weighted by molar-refractivity contribution is -0.122. The first kappa shape index (κ1) is 45.0. The molecule has 0 saturated carbocycles. The van der Waals surface area contributed by atoms with Gasteiger partial charge in [-0.1, -0.05) is 125 Å². The van der Waals surface area contributed by atoms with Crippen LogP contribution in [0.1, 0.15) is 71.9 Å². The summed E-state index contributed by atoms with van der Waals surface area (Å²) < 4.78 is 11.7. The smallest absolute Gasteiger partial charge is 0.240 e. The van der Waals surface area contributed by atoms with Crippen LogP contribution < -0.4 is 20.1 Å². The van der Waals surface area contributed by atoms with Gasteiger partial charge in [-0.2, -0.15) is 0 Å². The Bertz CT molecular complexity index is 3040. The van der Waals surface area contributed by atoms with Crippen molar-refractivity contribution in [2.75, 3.05) is 23.8 Å². The van der Waals surface area contributed by atoms with E-state index >= 15 is 0 Å². The number of nitrogens with one attached hydrogen (secondary N) is 2. The van der Waals surface area contributed by atoms with Gasteiger partial charge in [-0.3, -0.25) is 19.2 Å². The van der Waals surface area contributed by atoms with Gasteiger partial charge in [-0.05, 0) is 108 Å². The maximum atomic E-state index is 14.0. The minimum absolute atomic E-state index is 0.0482. The third-order valence-corrected chi connectivity index (χ3v) is 13.7. The molecular weight excluding hydrogens is 914 g/mol. The van der Waals surface area contributed by atoms with Crippen molar-refractivity contribution in [3.05, 3.63) is 199 Å². The summed E-state index contributed by atoms with van der Waals surface area (Å²) in [6.45, 7) is 4.73. The van der Waals surface area contributed by atoms with E-state index in [1.54, 1.807) is 42.5 Å². The number of hydrogen-bond acceptors (Lipinski definition) is 6. The lowest BCUT2D eigenvalue weighted by Gasteiger charge is -2.41. The molecule has 6 aromatic carbocycles. The number of benzene rings is 6. The number of rotatable bonds is 8. The number of Topliss-reactive ketones (excluding diaryl/α,β-unsaturated/α-hetero) is 1. The molecule has 4 atom stereocenters. The number of hydrogen-bond donors (Lipinski definition) is 2. The van der Waals surface area contributed by atoms with Crippen LogP contribution in [-0.2, 0) is 30.0 Å². The number of carbonyl (C=O) groups excluding carboxylic acids is 4. The molecule has 8 nitrogen and oxygen atoms in total. The third kappa shape index (κ3) is 7.79. The highest BCUT2D eigenvalue weighted by atomic mass is 35.5. The van der Waals surface area contributed by atoms with Gasteiger partial charge >= 0.3 is 0 Å². The molecule has 0 unspecified atom stereocenters. The Morgan fingerprint density at radius 3 is 1.71 bits per heavy atom. The van der Waals surface area contributed by atoms with Gasteiger partial charge in [0.1, 0.15) is 22.3 Å². The van der Waals surface area contributed by atoms with Gasteiger partial charge in [0, 0.05) is 72.8 Å². The monoisotopic (exact) mass is 954 g/mol. The fourth-order valence-electron chi connectivity index (χ4n) is 10.1. The van der Waals surface area contributed by atoms with Crippen molar-refractivity contribution in [1.82, 2.24) is 0 Å². The van der Waals surface area contributed by atoms with Crippen LogP contribution in [0.15, 0.2) is 146 Å². The first-order chi connectivity index (χ1) is 31.9. The van der Waals surface area contributed by atoms with Crippen LogP contribution in [0.25, 0.3) is 11.1 Å².